The third kappa shape index (κ3) is 6.89. The molecule has 0 aliphatic heterocycles. The Morgan fingerprint density at radius 2 is 1.77 bits per heavy atom. The Morgan fingerprint density at radius 1 is 1.14 bits per heavy atom. The lowest BCUT2D eigenvalue weighted by molar-refractivity contribution is -0.143. The second kappa shape index (κ2) is 10.9. The van der Waals surface area contributed by atoms with Crippen molar-refractivity contribution in [2.45, 2.75) is 110 Å². The molecule has 8 nitrogen and oxygen atoms in total. The van der Waals surface area contributed by atoms with E-state index in [1.165, 1.54) is 0 Å². The number of hydrogen-bond acceptors (Lipinski definition) is 5. The van der Waals surface area contributed by atoms with E-state index in [0.29, 0.717) is 11.1 Å². The molecule has 0 spiro atoms. The Labute approximate surface area is 208 Å². The molecule has 0 aromatic heterocycles. The third-order valence-electron chi connectivity index (χ3n) is 6.82. The van der Waals surface area contributed by atoms with E-state index in [4.69, 9.17) is 4.74 Å². The number of benzene rings is 1. The van der Waals surface area contributed by atoms with Crippen LogP contribution in [-0.2, 0) is 14.3 Å². The van der Waals surface area contributed by atoms with Crippen molar-refractivity contribution >= 4 is 17.9 Å². The number of carbonyl (C=O) groups is 3. The van der Waals surface area contributed by atoms with Gasteiger partial charge in [-0.2, -0.15) is 0 Å². The van der Waals surface area contributed by atoms with Gasteiger partial charge < -0.3 is 25.4 Å². The molecule has 2 aliphatic carbocycles. The molecule has 35 heavy (non-hydrogen) atoms. The highest BCUT2D eigenvalue weighted by Crippen LogP contribution is 2.43. The van der Waals surface area contributed by atoms with Crippen molar-refractivity contribution in [1.82, 2.24) is 15.5 Å². The molecule has 2 saturated carbocycles. The van der Waals surface area contributed by atoms with Crippen LogP contribution in [0, 0.1) is 12.8 Å². The monoisotopic (exact) mass is 487 g/mol. The molecule has 8 heteroatoms. The summed E-state index contributed by atoms with van der Waals surface area (Å²) in [6.45, 7) is 10.7. The molecule has 2 aliphatic rings. The summed E-state index contributed by atoms with van der Waals surface area (Å²) in [5, 5.41) is 16.7. The SMILES string of the molecule is Cc1cccc(C(C(=O)NC2CCCCC2)N(C(=O)C(C)NC(=O)OC(C)(C)C)C2CC2C)c1O. The molecule has 0 radical (unpaired) electrons. The van der Waals surface area contributed by atoms with Gasteiger partial charge in [0.05, 0.1) is 0 Å². The zero-order chi connectivity index (χ0) is 25.9. The number of hydrogen-bond donors (Lipinski definition) is 3. The number of para-hydroxylation sites is 1. The Bertz CT molecular complexity index is 935. The van der Waals surface area contributed by atoms with Gasteiger partial charge in [-0.3, -0.25) is 9.59 Å². The number of aryl methyl sites for hydroxylation is 1. The molecule has 4 atom stereocenters. The molecule has 194 valence electrons. The van der Waals surface area contributed by atoms with Gasteiger partial charge in [0.25, 0.3) is 0 Å². The van der Waals surface area contributed by atoms with Crippen molar-refractivity contribution in [3.05, 3.63) is 29.3 Å². The van der Waals surface area contributed by atoms with Crippen LogP contribution in [0.2, 0.25) is 0 Å². The lowest BCUT2D eigenvalue weighted by Gasteiger charge is -2.36. The fourth-order valence-corrected chi connectivity index (χ4v) is 4.79. The summed E-state index contributed by atoms with van der Waals surface area (Å²) in [6, 6.07) is 3.24. The van der Waals surface area contributed by atoms with Crippen LogP contribution in [-0.4, -0.2) is 51.6 Å². The van der Waals surface area contributed by atoms with E-state index in [9.17, 15) is 19.5 Å². The van der Waals surface area contributed by atoms with Gasteiger partial charge in [0.2, 0.25) is 11.8 Å². The van der Waals surface area contributed by atoms with Crippen LogP contribution in [0.3, 0.4) is 0 Å². The zero-order valence-electron chi connectivity index (χ0n) is 21.9. The van der Waals surface area contributed by atoms with Crippen molar-refractivity contribution < 1.29 is 24.2 Å². The largest absolute Gasteiger partial charge is 0.507 e. The van der Waals surface area contributed by atoms with Crippen LogP contribution < -0.4 is 10.6 Å². The topological polar surface area (TPSA) is 108 Å². The minimum absolute atomic E-state index is 0.00940. The Balaban J connectivity index is 1.93. The van der Waals surface area contributed by atoms with Gasteiger partial charge in [-0.25, -0.2) is 4.79 Å². The van der Waals surface area contributed by atoms with Crippen molar-refractivity contribution in [2.24, 2.45) is 5.92 Å². The van der Waals surface area contributed by atoms with Crippen LogP contribution in [0.1, 0.15) is 90.3 Å². The number of ether oxygens (including phenoxy) is 1. The molecule has 4 unspecified atom stereocenters. The van der Waals surface area contributed by atoms with E-state index < -0.39 is 23.8 Å². The lowest BCUT2D eigenvalue weighted by atomic mass is 9.94. The summed E-state index contributed by atoms with van der Waals surface area (Å²) in [5.41, 5.74) is 0.331. The van der Waals surface area contributed by atoms with Crippen molar-refractivity contribution in [1.29, 1.82) is 0 Å². The Hall–Kier alpha value is -2.77. The fraction of sp³-hybridized carbons (Fsp3) is 0.667. The van der Waals surface area contributed by atoms with Gasteiger partial charge in [0, 0.05) is 17.6 Å². The van der Waals surface area contributed by atoms with E-state index in [1.807, 2.05) is 6.92 Å². The van der Waals surface area contributed by atoms with Crippen LogP contribution in [0.4, 0.5) is 4.79 Å². The first-order valence-corrected chi connectivity index (χ1v) is 12.8. The normalized spacial score (nSPS) is 22.0. The highest BCUT2D eigenvalue weighted by molar-refractivity contribution is 5.93. The number of nitrogens with zero attached hydrogens (tertiary/aromatic N) is 1. The number of alkyl carbamates (subject to hydrolysis) is 1. The Kier molecular flexibility index (Phi) is 8.34. The van der Waals surface area contributed by atoms with E-state index in [2.05, 4.69) is 10.6 Å². The number of aromatic hydroxyl groups is 1. The predicted molar refractivity (Wildman–Crippen MR) is 134 cm³/mol. The van der Waals surface area contributed by atoms with Crippen LogP contribution >= 0.6 is 0 Å². The minimum Gasteiger partial charge on any atom is -0.507 e. The molecule has 1 aromatic carbocycles. The van der Waals surface area contributed by atoms with Gasteiger partial charge >= 0.3 is 6.09 Å². The molecule has 2 fully saturated rings. The number of amides is 3. The lowest BCUT2D eigenvalue weighted by Crippen LogP contribution is -2.54. The summed E-state index contributed by atoms with van der Waals surface area (Å²) in [7, 11) is 0. The summed E-state index contributed by atoms with van der Waals surface area (Å²) < 4.78 is 5.32. The summed E-state index contributed by atoms with van der Waals surface area (Å²) in [5.74, 6) is -0.454. The minimum atomic E-state index is -0.998. The van der Waals surface area contributed by atoms with Gasteiger partial charge in [0.1, 0.15) is 23.4 Å². The molecule has 0 bridgehead atoms. The maximum absolute atomic E-state index is 13.8. The van der Waals surface area contributed by atoms with Gasteiger partial charge in [0.15, 0.2) is 0 Å². The number of phenolic OH excluding ortho intramolecular Hbond substituents is 1. The molecule has 3 N–H and O–H groups in total. The van der Waals surface area contributed by atoms with Crippen LogP contribution in [0.5, 0.6) is 5.75 Å². The molecule has 0 saturated heterocycles. The summed E-state index contributed by atoms with van der Waals surface area (Å²) in [4.78, 5) is 41.5. The molecular formula is C27H41N3O5. The van der Waals surface area contributed by atoms with Gasteiger partial charge in [-0.05, 0) is 65.4 Å². The van der Waals surface area contributed by atoms with E-state index in [-0.39, 0.29) is 35.6 Å². The molecular weight excluding hydrogens is 446 g/mol. The molecule has 3 amide bonds. The van der Waals surface area contributed by atoms with Gasteiger partial charge in [-0.15, -0.1) is 0 Å². The quantitative estimate of drug-likeness (QED) is 0.530. The highest BCUT2D eigenvalue weighted by Gasteiger charge is 2.48. The molecule has 3 rings (SSSR count). The maximum Gasteiger partial charge on any atom is 0.408 e. The first-order chi connectivity index (χ1) is 16.4. The van der Waals surface area contributed by atoms with Crippen LogP contribution in [0.25, 0.3) is 0 Å². The fourth-order valence-electron chi connectivity index (χ4n) is 4.79. The standard InChI is InChI=1S/C27H41N3O5/c1-16-11-10-14-20(23(16)31)22(24(32)29-19-12-8-7-9-13-19)30(21-15-17(21)2)25(33)18(3)28-26(34)35-27(4,5)6/h10-11,14,17-19,21-22,31H,7-9,12-13,15H2,1-6H3,(H,28,34)(H,29,32). The number of phenols is 1. The number of rotatable bonds is 7. The number of nitrogens with one attached hydrogen (secondary N) is 2. The second-order valence-corrected chi connectivity index (χ2v) is 11.2. The van der Waals surface area contributed by atoms with Crippen molar-refractivity contribution in [3.63, 3.8) is 0 Å². The average molecular weight is 488 g/mol. The molecule has 0 heterocycles. The van der Waals surface area contributed by atoms with E-state index in [1.54, 1.807) is 57.7 Å². The first kappa shape index (κ1) is 26.8. The molecule has 1 aromatic rings. The zero-order valence-corrected chi connectivity index (χ0v) is 21.9. The Morgan fingerprint density at radius 3 is 2.34 bits per heavy atom. The highest BCUT2D eigenvalue weighted by atomic mass is 16.6. The van der Waals surface area contributed by atoms with E-state index >= 15 is 0 Å². The third-order valence-corrected chi connectivity index (χ3v) is 6.82. The van der Waals surface area contributed by atoms with Crippen molar-refractivity contribution in [3.8, 4) is 5.75 Å². The first-order valence-electron chi connectivity index (χ1n) is 12.8. The van der Waals surface area contributed by atoms with Crippen molar-refractivity contribution in [2.75, 3.05) is 0 Å². The summed E-state index contributed by atoms with van der Waals surface area (Å²) >= 11 is 0. The smallest absolute Gasteiger partial charge is 0.408 e. The van der Waals surface area contributed by atoms with E-state index in [0.717, 1.165) is 38.5 Å². The number of carbonyl (C=O) groups excluding carboxylic acids is 3. The maximum atomic E-state index is 13.8. The predicted octanol–water partition coefficient (Wildman–Crippen LogP) is 4.34. The summed E-state index contributed by atoms with van der Waals surface area (Å²) in [6.07, 6.45) is 5.15. The average Bonchev–Trinajstić information content (AvgIpc) is 3.48. The second-order valence-electron chi connectivity index (χ2n) is 11.2. The van der Waals surface area contributed by atoms with Crippen LogP contribution in [0.15, 0.2) is 18.2 Å². The van der Waals surface area contributed by atoms with Gasteiger partial charge in [-0.1, -0.05) is 44.4 Å².